The lowest BCUT2D eigenvalue weighted by molar-refractivity contribution is -0.123. The molecule has 0 saturated carbocycles. The van der Waals surface area contributed by atoms with Crippen LogP contribution in [0, 0.1) is 0 Å². The normalized spacial score (nSPS) is 14.2. The Labute approximate surface area is 108 Å². The molecular weight excluding hydrogens is 232 g/mol. The van der Waals surface area contributed by atoms with Crippen molar-refractivity contribution in [1.29, 1.82) is 0 Å². The average Bonchev–Trinajstić information content (AvgIpc) is 2.84. The van der Waals surface area contributed by atoms with Gasteiger partial charge in [-0.1, -0.05) is 0 Å². The Kier molecular flexibility index (Phi) is 6.46. The van der Waals surface area contributed by atoms with Crippen molar-refractivity contribution >= 4 is 5.91 Å². The summed E-state index contributed by atoms with van der Waals surface area (Å²) in [5.74, 6) is 0.688. The lowest BCUT2D eigenvalue weighted by Gasteiger charge is -2.13. The first kappa shape index (κ1) is 14.7. The predicted octanol–water partition coefficient (Wildman–Crippen LogP) is 1.03. The standard InChI is InChI=1S/C13H22N2O3/c1-10(16)5-3-7-14-11(2)13(17)15-9-12-6-4-8-18-12/h4,6,8,10-11,14,16H,3,5,7,9H2,1-2H3,(H,15,17). The van der Waals surface area contributed by atoms with E-state index in [1.54, 1.807) is 19.3 Å². The van der Waals surface area contributed by atoms with Crippen molar-refractivity contribution in [2.24, 2.45) is 0 Å². The minimum Gasteiger partial charge on any atom is -0.467 e. The predicted molar refractivity (Wildman–Crippen MR) is 68.9 cm³/mol. The van der Waals surface area contributed by atoms with E-state index in [9.17, 15) is 4.79 Å². The third kappa shape index (κ3) is 5.84. The van der Waals surface area contributed by atoms with Gasteiger partial charge in [0.2, 0.25) is 5.91 Å². The van der Waals surface area contributed by atoms with Crippen LogP contribution in [-0.4, -0.2) is 29.7 Å². The molecule has 18 heavy (non-hydrogen) atoms. The van der Waals surface area contributed by atoms with Crippen molar-refractivity contribution in [2.45, 2.75) is 45.4 Å². The molecule has 0 aliphatic heterocycles. The monoisotopic (exact) mass is 254 g/mol. The summed E-state index contributed by atoms with van der Waals surface area (Å²) in [5, 5.41) is 15.0. The lowest BCUT2D eigenvalue weighted by atomic mass is 10.2. The van der Waals surface area contributed by atoms with Gasteiger partial charge in [-0.3, -0.25) is 4.79 Å². The second-order valence-corrected chi connectivity index (χ2v) is 4.46. The highest BCUT2D eigenvalue weighted by Gasteiger charge is 2.11. The number of carbonyl (C=O) groups excluding carboxylic acids is 1. The summed E-state index contributed by atoms with van der Waals surface area (Å²) in [6.07, 6.45) is 2.90. The van der Waals surface area contributed by atoms with E-state index in [0.717, 1.165) is 25.1 Å². The van der Waals surface area contributed by atoms with Gasteiger partial charge >= 0.3 is 0 Å². The van der Waals surface area contributed by atoms with E-state index in [1.165, 1.54) is 0 Å². The Morgan fingerprint density at radius 1 is 1.50 bits per heavy atom. The first-order valence-corrected chi connectivity index (χ1v) is 6.31. The molecule has 1 heterocycles. The molecule has 0 saturated heterocycles. The summed E-state index contributed by atoms with van der Waals surface area (Å²) >= 11 is 0. The van der Waals surface area contributed by atoms with Crippen molar-refractivity contribution < 1.29 is 14.3 Å². The van der Waals surface area contributed by atoms with E-state index in [1.807, 2.05) is 13.0 Å². The topological polar surface area (TPSA) is 74.5 Å². The highest BCUT2D eigenvalue weighted by Crippen LogP contribution is 1.99. The van der Waals surface area contributed by atoms with Crippen LogP contribution < -0.4 is 10.6 Å². The lowest BCUT2D eigenvalue weighted by Crippen LogP contribution is -2.42. The summed E-state index contributed by atoms with van der Waals surface area (Å²) in [6, 6.07) is 3.37. The molecule has 0 aliphatic rings. The SMILES string of the molecule is CC(O)CCCNC(C)C(=O)NCc1ccco1. The number of aliphatic hydroxyl groups is 1. The highest BCUT2D eigenvalue weighted by atomic mass is 16.3. The van der Waals surface area contributed by atoms with Crippen LogP contribution in [-0.2, 0) is 11.3 Å². The van der Waals surface area contributed by atoms with Gasteiger partial charge in [0.05, 0.1) is 25.0 Å². The summed E-state index contributed by atoms with van der Waals surface area (Å²) in [4.78, 5) is 11.7. The van der Waals surface area contributed by atoms with E-state index in [4.69, 9.17) is 9.52 Å². The van der Waals surface area contributed by atoms with Gasteiger partial charge in [-0.05, 0) is 45.4 Å². The fourth-order valence-electron chi connectivity index (χ4n) is 1.55. The Hall–Kier alpha value is -1.33. The van der Waals surface area contributed by atoms with Crippen LogP contribution in [0.2, 0.25) is 0 Å². The maximum atomic E-state index is 11.7. The third-order valence-electron chi connectivity index (χ3n) is 2.66. The molecule has 1 aromatic heterocycles. The molecule has 2 atom stereocenters. The van der Waals surface area contributed by atoms with Crippen molar-refractivity contribution in [2.75, 3.05) is 6.54 Å². The molecule has 0 aromatic carbocycles. The van der Waals surface area contributed by atoms with Crippen LogP contribution in [0.1, 0.15) is 32.4 Å². The first-order valence-electron chi connectivity index (χ1n) is 6.31. The van der Waals surface area contributed by atoms with E-state index in [-0.39, 0.29) is 18.1 Å². The van der Waals surface area contributed by atoms with Gasteiger partial charge in [0.25, 0.3) is 0 Å². The molecule has 0 spiro atoms. The van der Waals surface area contributed by atoms with Crippen molar-refractivity contribution in [3.63, 3.8) is 0 Å². The highest BCUT2D eigenvalue weighted by molar-refractivity contribution is 5.81. The van der Waals surface area contributed by atoms with Crippen molar-refractivity contribution in [3.8, 4) is 0 Å². The fraction of sp³-hybridized carbons (Fsp3) is 0.615. The Morgan fingerprint density at radius 2 is 2.28 bits per heavy atom. The van der Waals surface area contributed by atoms with Crippen LogP contribution in [0.5, 0.6) is 0 Å². The maximum Gasteiger partial charge on any atom is 0.237 e. The Morgan fingerprint density at radius 3 is 2.89 bits per heavy atom. The van der Waals surface area contributed by atoms with Crippen molar-refractivity contribution in [1.82, 2.24) is 10.6 Å². The van der Waals surface area contributed by atoms with Crippen LogP contribution in [0.4, 0.5) is 0 Å². The second-order valence-electron chi connectivity index (χ2n) is 4.46. The molecule has 5 heteroatoms. The molecule has 5 nitrogen and oxygen atoms in total. The largest absolute Gasteiger partial charge is 0.467 e. The third-order valence-corrected chi connectivity index (χ3v) is 2.66. The first-order chi connectivity index (χ1) is 8.59. The van der Waals surface area contributed by atoms with Gasteiger partial charge in [0.15, 0.2) is 0 Å². The molecule has 1 amide bonds. The molecule has 0 radical (unpaired) electrons. The van der Waals surface area contributed by atoms with Crippen LogP contribution in [0.3, 0.4) is 0 Å². The number of furan rings is 1. The zero-order valence-corrected chi connectivity index (χ0v) is 11.0. The van der Waals surface area contributed by atoms with Crippen LogP contribution >= 0.6 is 0 Å². The molecule has 102 valence electrons. The molecule has 3 N–H and O–H groups in total. The van der Waals surface area contributed by atoms with Gasteiger partial charge in [-0.2, -0.15) is 0 Å². The van der Waals surface area contributed by atoms with E-state index < -0.39 is 0 Å². The van der Waals surface area contributed by atoms with Gasteiger partial charge in [0.1, 0.15) is 5.76 Å². The number of amides is 1. The molecule has 0 fully saturated rings. The number of nitrogens with one attached hydrogen (secondary N) is 2. The van der Waals surface area contributed by atoms with Gasteiger partial charge in [-0.25, -0.2) is 0 Å². The molecule has 1 aromatic rings. The summed E-state index contributed by atoms with van der Waals surface area (Å²) in [7, 11) is 0. The molecule has 1 rings (SSSR count). The summed E-state index contributed by atoms with van der Waals surface area (Å²) in [6.45, 7) is 4.71. The fourth-order valence-corrected chi connectivity index (χ4v) is 1.55. The second kappa shape index (κ2) is 7.89. The quantitative estimate of drug-likeness (QED) is 0.606. The zero-order chi connectivity index (χ0) is 13.4. The van der Waals surface area contributed by atoms with Crippen LogP contribution in [0.25, 0.3) is 0 Å². The van der Waals surface area contributed by atoms with Crippen molar-refractivity contribution in [3.05, 3.63) is 24.2 Å². The Bertz CT molecular complexity index is 336. The van der Waals surface area contributed by atoms with E-state index in [0.29, 0.717) is 6.54 Å². The number of aliphatic hydroxyl groups excluding tert-OH is 1. The maximum absolute atomic E-state index is 11.7. The average molecular weight is 254 g/mol. The Balaban J connectivity index is 2.12. The van der Waals surface area contributed by atoms with E-state index in [2.05, 4.69) is 10.6 Å². The minimum absolute atomic E-state index is 0.0524. The summed E-state index contributed by atoms with van der Waals surface area (Å²) < 4.78 is 5.13. The van der Waals surface area contributed by atoms with E-state index >= 15 is 0 Å². The van der Waals surface area contributed by atoms with Gasteiger partial charge < -0.3 is 20.2 Å². The molecule has 0 bridgehead atoms. The minimum atomic E-state index is -0.283. The molecular formula is C13H22N2O3. The van der Waals surface area contributed by atoms with Crippen LogP contribution in [0.15, 0.2) is 22.8 Å². The number of hydrogen-bond donors (Lipinski definition) is 3. The molecule has 0 aliphatic carbocycles. The van der Waals surface area contributed by atoms with Gasteiger partial charge in [-0.15, -0.1) is 0 Å². The molecule has 2 unspecified atom stereocenters. The number of hydrogen-bond acceptors (Lipinski definition) is 4. The zero-order valence-electron chi connectivity index (χ0n) is 11.0. The smallest absolute Gasteiger partial charge is 0.237 e. The number of carbonyl (C=O) groups is 1. The van der Waals surface area contributed by atoms with Gasteiger partial charge in [0, 0.05) is 0 Å². The number of rotatable bonds is 8. The summed E-state index contributed by atoms with van der Waals surface area (Å²) in [5.41, 5.74) is 0.